The van der Waals surface area contributed by atoms with Gasteiger partial charge >= 0.3 is 0 Å². The average molecular weight is 324 g/mol. The molecule has 0 aliphatic heterocycles. The van der Waals surface area contributed by atoms with Crippen LogP contribution >= 0.6 is 0 Å². The quantitative estimate of drug-likeness (QED) is 0.711. The molecule has 0 radical (unpaired) electrons. The predicted molar refractivity (Wildman–Crippen MR) is 95.8 cm³/mol. The van der Waals surface area contributed by atoms with Crippen LogP contribution in [0.3, 0.4) is 0 Å². The number of amides is 1. The molecule has 124 valence electrons. The SMILES string of the molecule is Cc1ccc(C)c(NC(=O)C(C)(C)c2c[nH]c3ccc(F)cc23)c1. The summed E-state index contributed by atoms with van der Waals surface area (Å²) >= 11 is 0. The molecular weight excluding hydrogens is 303 g/mol. The van der Waals surface area contributed by atoms with Crippen molar-refractivity contribution in [3.05, 3.63) is 65.1 Å². The van der Waals surface area contributed by atoms with Gasteiger partial charge in [-0.1, -0.05) is 12.1 Å². The number of aromatic nitrogens is 1. The maximum absolute atomic E-state index is 13.6. The molecule has 0 bridgehead atoms. The zero-order valence-electron chi connectivity index (χ0n) is 14.3. The molecule has 0 saturated carbocycles. The van der Waals surface area contributed by atoms with E-state index in [2.05, 4.69) is 10.3 Å². The van der Waals surface area contributed by atoms with E-state index in [1.165, 1.54) is 12.1 Å². The second-order valence-corrected chi connectivity index (χ2v) is 6.79. The molecule has 2 N–H and O–H groups in total. The van der Waals surface area contributed by atoms with Crippen LogP contribution in [-0.4, -0.2) is 10.9 Å². The first-order chi connectivity index (χ1) is 11.3. The van der Waals surface area contributed by atoms with E-state index < -0.39 is 5.41 Å². The molecule has 3 aromatic rings. The standard InChI is InChI=1S/C20H21FN2O/c1-12-5-6-13(2)18(9-12)23-19(24)20(3,4)16-11-22-17-8-7-14(21)10-15(16)17/h5-11,22H,1-4H3,(H,23,24). The van der Waals surface area contributed by atoms with Crippen LogP contribution in [0.5, 0.6) is 0 Å². The van der Waals surface area contributed by atoms with Crippen LogP contribution in [0.25, 0.3) is 10.9 Å². The topological polar surface area (TPSA) is 44.9 Å². The molecule has 3 rings (SSSR count). The van der Waals surface area contributed by atoms with Crippen molar-refractivity contribution < 1.29 is 9.18 Å². The van der Waals surface area contributed by atoms with Crippen molar-refractivity contribution in [2.45, 2.75) is 33.1 Å². The number of anilines is 1. The van der Waals surface area contributed by atoms with Gasteiger partial charge in [0.1, 0.15) is 5.82 Å². The second-order valence-electron chi connectivity index (χ2n) is 6.79. The monoisotopic (exact) mass is 324 g/mol. The number of fused-ring (bicyclic) bond motifs is 1. The van der Waals surface area contributed by atoms with Crippen LogP contribution in [-0.2, 0) is 10.2 Å². The fourth-order valence-corrected chi connectivity index (χ4v) is 2.88. The molecule has 0 saturated heterocycles. The fourth-order valence-electron chi connectivity index (χ4n) is 2.88. The van der Waals surface area contributed by atoms with Crippen molar-refractivity contribution in [1.82, 2.24) is 4.98 Å². The molecule has 0 spiro atoms. The van der Waals surface area contributed by atoms with Gasteiger partial charge in [-0.25, -0.2) is 4.39 Å². The summed E-state index contributed by atoms with van der Waals surface area (Å²) in [6, 6.07) is 10.5. The highest BCUT2D eigenvalue weighted by atomic mass is 19.1. The van der Waals surface area contributed by atoms with Crippen LogP contribution in [0.1, 0.15) is 30.5 Å². The third-order valence-electron chi connectivity index (χ3n) is 4.53. The van der Waals surface area contributed by atoms with E-state index >= 15 is 0 Å². The Kier molecular flexibility index (Phi) is 3.91. The van der Waals surface area contributed by atoms with Crippen LogP contribution in [0, 0.1) is 19.7 Å². The van der Waals surface area contributed by atoms with Crippen molar-refractivity contribution in [2.75, 3.05) is 5.32 Å². The lowest BCUT2D eigenvalue weighted by Crippen LogP contribution is -2.34. The number of carbonyl (C=O) groups is 1. The second kappa shape index (κ2) is 5.78. The van der Waals surface area contributed by atoms with E-state index in [1.807, 2.05) is 45.9 Å². The highest BCUT2D eigenvalue weighted by Gasteiger charge is 2.32. The Hall–Kier alpha value is -2.62. The molecular formula is C20H21FN2O. The van der Waals surface area contributed by atoms with Crippen molar-refractivity contribution >= 4 is 22.5 Å². The Labute approximate surface area is 140 Å². The van der Waals surface area contributed by atoms with Crippen LogP contribution in [0.15, 0.2) is 42.6 Å². The Morgan fingerprint density at radius 1 is 1.12 bits per heavy atom. The molecule has 0 unspecified atom stereocenters. The van der Waals surface area contributed by atoms with Crippen LogP contribution in [0.4, 0.5) is 10.1 Å². The maximum Gasteiger partial charge on any atom is 0.234 e. The molecule has 2 aromatic carbocycles. The lowest BCUT2D eigenvalue weighted by atomic mass is 9.83. The molecule has 1 heterocycles. The number of benzene rings is 2. The third-order valence-corrected chi connectivity index (χ3v) is 4.53. The first kappa shape index (κ1) is 16.2. The minimum Gasteiger partial charge on any atom is -0.361 e. The van der Waals surface area contributed by atoms with Gasteiger partial charge in [-0.2, -0.15) is 0 Å². The number of rotatable bonds is 3. The maximum atomic E-state index is 13.6. The smallest absolute Gasteiger partial charge is 0.234 e. The van der Waals surface area contributed by atoms with Gasteiger partial charge in [-0.05, 0) is 68.7 Å². The summed E-state index contributed by atoms with van der Waals surface area (Å²) in [4.78, 5) is 16.0. The predicted octanol–water partition coefficient (Wildman–Crippen LogP) is 4.84. The van der Waals surface area contributed by atoms with E-state index in [9.17, 15) is 9.18 Å². The third kappa shape index (κ3) is 2.80. The number of hydrogen-bond donors (Lipinski definition) is 2. The van der Waals surface area contributed by atoms with Crippen LogP contribution < -0.4 is 5.32 Å². The summed E-state index contributed by atoms with van der Waals surface area (Å²) in [7, 11) is 0. The minimum absolute atomic E-state index is 0.124. The summed E-state index contributed by atoms with van der Waals surface area (Å²) in [5, 5.41) is 3.74. The molecule has 24 heavy (non-hydrogen) atoms. The van der Waals surface area contributed by atoms with E-state index in [0.717, 1.165) is 33.3 Å². The zero-order valence-corrected chi connectivity index (χ0v) is 14.3. The average Bonchev–Trinajstić information content (AvgIpc) is 2.94. The lowest BCUT2D eigenvalue weighted by molar-refractivity contribution is -0.120. The summed E-state index contributed by atoms with van der Waals surface area (Å²) in [5.41, 5.74) is 3.69. The number of nitrogens with one attached hydrogen (secondary N) is 2. The van der Waals surface area contributed by atoms with Gasteiger partial charge in [0.25, 0.3) is 0 Å². The highest BCUT2D eigenvalue weighted by Crippen LogP contribution is 2.32. The number of H-pyrrole nitrogens is 1. The minimum atomic E-state index is -0.803. The van der Waals surface area contributed by atoms with Gasteiger partial charge in [0.15, 0.2) is 0 Å². The molecule has 1 amide bonds. The van der Waals surface area contributed by atoms with Crippen molar-refractivity contribution in [3.63, 3.8) is 0 Å². The van der Waals surface area contributed by atoms with Crippen LogP contribution in [0.2, 0.25) is 0 Å². The molecule has 1 aromatic heterocycles. The molecule has 0 atom stereocenters. The molecule has 3 nitrogen and oxygen atoms in total. The number of carbonyl (C=O) groups excluding carboxylic acids is 1. The largest absolute Gasteiger partial charge is 0.361 e. The van der Waals surface area contributed by atoms with Crippen molar-refractivity contribution in [3.8, 4) is 0 Å². The van der Waals surface area contributed by atoms with E-state index in [0.29, 0.717) is 0 Å². The van der Waals surface area contributed by atoms with E-state index in [4.69, 9.17) is 0 Å². The molecule has 0 aliphatic rings. The van der Waals surface area contributed by atoms with Crippen molar-refractivity contribution in [2.24, 2.45) is 0 Å². The zero-order chi connectivity index (χ0) is 17.5. The number of halogens is 1. The van der Waals surface area contributed by atoms with E-state index in [1.54, 1.807) is 12.3 Å². The van der Waals surface area contributed by atoms with Gasteiger partial charge in [-0.15, -0.1) is 0 Å². The molecule has 0 fully saturated rings. The highest BCUT2D eigenvalue weighted by molar-refractivity contribution is 6.02. The Morgan fingerprint density at radius 2 is 1.88 bits per heavy atom. The van der Waals surface area contributed by atoms with Gasteiger partial charge in [-0.3, -0.25) is 4.79 Å². The van der Waals surface area contributed by atoms with Gasteiger partial charge in [0, 0.05) is 22.8 Å². The summed E-state index contributed by atoms with van der Waals surface area (Å²) in [6.07, 6.45) is 1.78. The number of aryl methyl sites for hydroxylation is 2. The Bertz CT molecular complexity index is 925. The first-order valence-electron chi connectivity index (χ1n) is 7.95. The van der Waals surface area contributed by atoms with Gasteiger partial charge in [0.05, 0.1) is 5.41 Å². The van der Waals surface area contributed by atoms with E-state index in [-0.39, 0.29) is 11.7 Å². The summed E-state index contributed by atoms with van der Waals surface area (Å²) in [6.45, 7) is 7.65. The van der Waals surface area contributed by atoms with Gasteiger partial charge in [0.2, 0.25) is 5.91 Å². The summed E-state index contributed by atoms with van der Waals surface area (Å²) < 4.78 is 13.6. The fraction of sp³-hybridized carbons (Fsp3) is 0.250. The normalized spacial score (nSPS) is 11.7. The number of hydrogen-bond acceptors (Lipinski definition) is 1. The molecule has 4 heteroatoms. The Morgan fingerprint density at radius 3 is 2.62 bits per heavy atom. The van der Waals surface area contributed by atoms with Crippen molar-refractivity contribution in [1.29, 1.82) is 0 Å². The first-order valence-corrected chi connectivity index (χ1v) is 7.95. The Balaban J connectivity index is 1.98. The number of aromatic amines is 1. The molecule has 0 aliphatic carbocycles. The van der Waals surface area contributed by atoms with Gasteiger partial charge < -0.3 is 10.3 Å². The summed E-state index contributed by atoms with van der Waals surface area (Å²) in [5.74, 6) is -0.435. The lowest BCUT2D eigenvalue weighted by Gasteiger charge is -2.24.